The summed E-state index contributed by atoms with van der Waals surface area (Å²) in [5.74, 6) is 0.126. The number of aromatic nitrogens is 4. The van der Waals surface area contributed by atoms with Gasteiger partial charge in [0.15, 0.2) is 5.82 Å². The van der Waals surface area contributed by atoms with Crippen LogP contribution in [0.5, 0.6) is 11.6 Å². The van der Waals surface area contributed by atoms with E-state index in [1.165, 1.54) is 12.3 Å². The molecule has 3 rings (SSSR count). The first-order chi connectivity index (χ1) is 13.8. The van der Waals surface area contributed by atoms with Crippen LogP contribution in [0, 0.1) is 6.92 Å². The molecule has 0 aliphatic heterocycles. The molecule has 0 saturated carbocycles. The summed E-state index contributed by atoms with van der Waals surface area (Å²) in [6.07, 6.45) is 3.13. The molecule has 0 radical (unpaired) electrons. The van der Waals surface area contributed by atoms with Gasteiger partial charge >= 0.3 is 0 Å². The van der Waals surface area contributed by atoms with Crippen molar-refractivity contribution in [3.8, 4) is 23.0 Å². The molecule has 0 saturated heterocycles. The van der Waals surface area contributed by atoms with Crippen LogP contribution in [0.4, 0.5) is 5.82 Å². The van der Waals surface area contributed by atoms with Gasteiger partial charge < -0.3 is 21.5 Å². The van der Waals surface area contributed by atoms with Crippen molar-refractivity contribution in [2.45, 2.75) is 19.9 Å². The smallest absolute Gasteiger partial charge is 0.267 e. The van der Waals surface area contributed by atoms with Gasteiger partial charge in [-0.1, -0.05) is 0 Å². The van der Waals surface area contributed by atoms with Crippen molar-refractivity contribution in [2.24, 2.45) is 11.5 Å². The van der Waals surface area contributed by atoms with Gasteiger partial charge in [-0.2, -0.15) is 0 Å². The van der Waals surface area contributed by atoms with E-state index in [1.54, 1.807) is 37.4 Å². The monoisotopic (exact) mass is 393 g/mol. The summed E-state index contributed by atoms with van der Waals surface area (Å²) in [5, 5.41) is 2.82. The van der Waals surface area contributed by atoms with E-state index in [1.807, 2.05) is 6.92 Å². The lowest BCUT2D eigenvalue weighted by Gasteiger charge is -2.13. The van der Waals surface area contributed by atoms with Gasteiger partial charge in [0.1, 0.15) is 23.3 Å². The Morgan fingerprint density at radius 3 is 2.38 bits per heavy atom. The van der Waals surface area contributed by atoms with Gasteiger partial charge in [0.2, 0.25) is 11.8 Å². The Morgan fingerprint density at radius 2 is 1.79 bits per heavy atom. The standard InChI is InChI=1S/C19H19N7O3/c1-10-8-23-16(9-22-10)29-13-5-3-12(4-6-13)19-25-14(18(21)28)7-15(26-19)24-11(2)17(20)27/h3-9,11H,1-2H3,(H2,20,27)(H2,21,28)(H,24,25,26)/t11-/m0/s1. The van der Waals surface area contributed by atoms with Gasteiger partial charge in [-0.05, 0) is 38.1 Å². The normalized spacial score (nSPS) is 11.5. The predicted molar refractivity (Wildman–Crippen MR) is 105 cm³/mol. The molecule has 148 valence electrons. The molecule has 29 heavy (non-hydrogen) atoms. The van der Waals surface area contributed by atoms with Crippen LogP contribution in [0.2, 0.25) is 0 Å². The number of primary amides is 2. The van der Waals surface area contributed by atoms with E-state index in [9.17, 15) is 9.59 Å². The van der Waals surface area contributed by atoms with Crippen LogP contribution in [0.15, 0.2) is 42.7 Å². The van der Waals surface area contributed by atoms with Crippen LogP contribution in [0.1, 0.15) is 23.1 Å². The van der Waals surface area contributed by atoms with Crippen molar-refractivity contribution in [1.29, 1.82) is 0 Å². The van der Waals surface area contributed by atoms with Crippen LogP contribution in [0.25, 0.3) is 11.4 Å². The Hall–Kier alpha value is -4.08. The molecule has 0 fully saturated rings. The van der Waals surface area contributed by atoms with Crippen molar-refractivity contribution in [3.05, 3.63) is 54.1 Å². The van der Waals surface area contributed by atoms with Gasteiger partial charge in [0.25, 0.3) is 5.91 Å². The van der Waals surface area contributed by atoms with Crippen LogP contribution in [-0.4, -0.2) is 37.8 Å². The fraction of sp³-hybridized carbons (Fsp3) is 0.158. The predicted octanol–water partition coefficient (Wildman–Crippen LogP) is 1.42. The Labute approximate surface area is 166 Å². The van der Waals surface area contributed by atoms with E-state index in [-0.39, 0.29) is 17.3 Å². The molecule has 10 nitrogen and oxygen atoms in total. The summed E-state index contributed by atoms with van der Waals surface area (Å²) in [6.45, 7) is 3.41. The maximum absolute atomic E-state index is 11.6. The molecule has 10 heteroatoms. The second-order valence-corrected chi connectivity index (χ2v) is 6.22. The molecular formula is C19H19N7O3. The number of amides is 2. The molecule has 2 amide bonds. The summed E-state index contributed by atoms with van der Waals surface area (Å²) in [7, 11) is 0. The van der Waals surface area contributed by atoms with Crippen molar-refractivity contribution in [3.63, 3.8) is 0 Å². The molecular weight excluding hydrogens is 374 g/mol. The van der Waals surface area contributed by atoms with E-state index in [2.05, 4.69) is 25.3 Å². The zero-order chi connectivity index (χ0) is 21.0. The number of carbonyl (C=O) groups excluding carboxylic acids is 2. The largest absolute Gasteiger partial charge is 0.438 e. The molecule has 0 aliphatic carbocycles. The highest BCUT2D eigenvalue weighted by Crippen LogP contribution is 2.24. The number of aryl methyl sites for hydroxylation is 1. The third-order valence-corrected chi connectivity index (χ3v) is 3.86. The van der Waals surface area contributed by atoms with Gasteiger partial charge in [-0.3, -0.25) is 14.6 Å². The summed E-state index contributed by atoms with van der Waals surface area (Å²) in [5.41, 5.74) is 12.0. The summed E-state index contributed by atoms with van der Waals surface area (Å²) in [4.78, 5) is 39.7. The van der Waals surface area contributed by atoms with E-state index in [0.717, 1.165) is 5.69 Å². The summed E-state index contributed by atoms with van der Waals surface area (Å²) < 4.78 is 5.64. The van der Waals surface area contributed by atoms with Crippen LogP contribution in [0.3, 0.4) is 0 Å². The number of anilines is 1. The first kappa shape index (κ1) is 19.7. The number of carbonyl (C=O) groups is 2. The minimum Gasteiger partial charge on any atom is -0.438 e. The highest BCUT2D eigenvalue weighted by Gasteiger charge is 2.14. The van der Waals surface area contributed by atoms with E-state index < -0.39 is 17.9 Å². The number of hydrogen-bond donors (Lipinski definition) is 3. The molecule has 0 unspecified atom stereocenters. The van der Waals surface area contributed by atoms with Crippen molar-refractivity contribution in [1.82, 2.24) is 19.9 Å². The van der Waals surface area contributed by atoms with Crippen LogP contribution in [-0.2, 0) is 4.79 Å². The minimum absolute atomic E-state index is 0.00410. The summed E-state index contributed by atoms with van der Waals surface area (Å²) >= 11 is 0. The second kappa shape index (κ2) is 8.30. The number of nitrogens with one attached hydrogen (secondary N) is 1. The quantitative estimate of drug-likeness (QED) is 0.543. The van der Waals surface area contributed by atoms with Gasteiger partial charge in [0, 0.05) is 11.6 Å². The molecule has 1 aromatic carbocycles. The Bertz CT molecular complexity index is 1040. The molecule has 2 aromatic heterocycles. The zero-order valence-electron chi connectivity index (χ0n) is 15.8. The topological polar surface area (TPSA) is 159 Å². The lowest BCUT2D eigenvalue weighted by atomic mass is 10.2. The minimum atomic E-state index is -0.721. The molecule has 0 bridgehead atoms. The summed E-state index contributed by atoms with van der Waals surface area (Å²) in [6, 6.07) is 7.52. The van der Waals surface area contributed by atoms with E-state index >= 15 is 0 Å². The lowest BCUT2D eigenvalue weighted by molar-refractivity contribution is -0.118. The number of nitrogens with two attached hydrogens (primary N) is 2. The average Bonchev–Trinajstić information content (AvgIpc) is 2.70. The SMILES string of the molecule is Cc1cnc(Oc2ccc(-c3nc(N[C@@H](C)C(N)=O)cc(C(N)=O)n3)cc2)cn1. The lowest BCUT2D eigenvalue weighted by Crippen LogP contribution is -2.33. The number of benzene rings is 1. The average molecular weight is 393 g/mol. The Kier molecular flexibility index (Phi) is 5.63. The number of rotatable bonds is 7. The fourth-order valence-corrected chi connectivity index (χ4v) is 2.30. The van der Waals surface area contributed by atoms with Gasteiger partial charge in [-0.15, -0.1) is 0 Å². The van der Waals surface area contributed by atoms with Crippen molar-refractivity contribution >= 4 is 17.6 Å². The van der Waals surface area contributed by atoms with E-state index in [4.69, 9.17) is 16.2 Å². The van der Waals surface area contributed by atoms with Crippen molar-refractivity contribution in [2.75, 3.05) is 5.32 Å². The highest BCUT2D eigenvalue weighted by molar-refractivity contribution is 5.92. The van der Waals surface area contributed by atoms with Crippen LogP contribution >= 0.6 is 0 Å². The fourth-order valence-electron chi connectivity index (χ4n) is 2.30. The molecule has 3 aromatic rings. The van der Waals surface area contributed by atoms with Crippen LogP contribution < -0.4 is 21.5 Å². The molecule has 1 atom stereocenters. The number of ether oxygens (including phenoxy) is 1. The third kappa shape index (κ3) is 5.01. The number of hydrogen-bond acceptors (Lipinski definition) is 8. The zero-order valence-corrected chi connectivity index (χ0v) is 15.8. The van der Waals surface area contributed by atoms with Gasteiger partial charge in [-0.25, -0.2) is 15.0 Å². The molecule has 2 heterocycles. The maximum Gasteiger partial charge on any atom is 0.267 e. The maximum atomic E-state index is 11.6. The molecule has 0 spiro atoms. The molecule has 0 aliphatic rings. The third-order valence-electron chi connectivity index (χ3n) is 3.86. The van der Waals surface area contributed by atoms with Crippen molar-refractivity contribution < 1.29 is 14.3 Å². The first-order valence-corrected chi connectivity index (χ1v) is 8.63. The van der Waals surface area contributed by atoms with E-state index in [0.29, 0.717) is 17.2 Å². The second-order valence-electron chi connectivity index (χ2n) is 6.22. The first-order valence-electron chi connectivity index (χ1n) is 8.63. The molecule has 5 N–H and O–H groups in total. The Morgan fingerprint density at radius 1 is 1.07 bits per heavy atom. The number of nitrogens with zero attached hydrogens (tertiary/aromatic N) is 4. The van der Waals surface area contributed by atoms with Gasteiger partial charge in [0.05, 0.1) is 18.1 Å². The Balaban J connectivity index is 1.86. The highest BCUT2D eigenvalue weighted by atomic mass is 16.5.